The lowest BCUT2D eigenvalue weighted by Crippen LogP contribution is -2.41. The van der Waals surface area contributed by atoms with Crippen LogP contribution in [0.15, 0.2) is 41.1 Å². The molecule has 1 atom stereocenters. The van der Waals surface area contributed by atoms with Crippen LogP contribution in [0.5, 0.6) is 5.75 Å². The largest absolute Gasteiger partial charge is 0.493 e. The van der Waals surface area contributed by atoms with Crippen molar-refractivity contribution in [3.8, 4) is 17.0 Å². The van der Waals surface area contributed by atoms with E-state index < -0.39 is 6.04 Å². The van der Waals surface area contributed by atoms with Gasteiger partial charge in [0.2, 0.25) is 5.91 Å². The van der Waals surface area contributed by atoms with Gasteiger partial charge in [-0.2, -0.15) is 0 Å². The Morgan fingerprint density at radius 3 is 2.96 bits per heavy atom. The van der Waals surface area contributed by atoms with Gasteiger partial charge in [-0.15, -0.1) is 22.7 Å². The predicted octanol–water partition coefficient (Wildman–Crippen LogP) is 3.56. The molecule has 3 heterocycles. The molecule has 3 aromatic rings. The minimum Gasteiger partial charge on any atom is -0.493 e. The fourth-order valence-electron chi connectivity index (χ4n) is 2.76. The summed E-state index contributed by atoms with van der Waals surface area (Å²) in [4.78, 5) is 29.5. The molecule has 0 bridgehead atoms. The van der Waals surface area contributed by atoms with Gasteiger partial charge in [-0.25, -0.2) is 4.98 Å². The molecule has 0 fully saturated rings. The van der Waals surface area contributed by atoms with Crippen molar-refractivity contribution in [3.05, 3.63) is 51.5 Å². The zero-order chi connectivity index (χ0) is 18.8. The highest BCUT2D eigenvalue weighted by atomic mass is 32.1. The lowest BCUT2D eigenvalue weighted by molar-refractivity contribution is -0.117. The van der Waals surface area contributed by atoms with Gasteiger partial charge in [-0.05, 0) is 42.1 Å². The fourth-order valence-corrected chi connectivity index (χ4v) is 4.11. The predicted molar refractivity (Wildman–Crippen MR) is 107 cm³/mol. The number of nitrogens with one attached hydrogen (secondary N) is 2. The molecule has 2 aromatic heterocycles. The van der Waals surface area contributed by atoms with Crippen LogP contribution < -0.4 is 15.4 Å². The Hall–Kier alpha value is -2.71. The Bertz CT molecular complexity index is 982. The third-order valence-corrected chi connectivity index (χ3v) is 5.83. The van der Waals surface area contributed by atoms with Crippen molar-refractivity contribution in [2.45, 2.75) is 19.4 Å². The molecule has 0 radical (unpaired) electrons. The number of thiophene rings is 1. The van der Waals surface area contributed by atoms with Crippen molar-refractivity contribution in [3.63, 3.8) is 0 Å². The molecule has 6 nitrogen and oxygen atoms in total. The van der Waals surface area contributed by atoms with Gasteiger partial charge < -0.3 is 15.4 Å². The zero-order valence-electron chi connectivity index (χ0n) is 14.5. The lowest BCUT2D eigenvalue weighted by Gasteiger charge is -2.12. The highest BCUT2D eigenvalue weighted by Crippen LogP contribution is 2.31. The van der Waals surface area contributed by atoms with Crippen molar-refractivity contribution in [2.24, 2.45) is 0 Å². The van der Waals surface area contributed by atoms with E-state index in [1.165, 1.54) is 28.2 Å². The van der Waals surface area contributed by atoms with Crippen molar-refractivity contribution in [1.29, 1.82) is 0 Å². The summed E-state index contributed by atoms with van der Waals surface area (Å²) in [6.45, 7) is 2.36. The number of fused-ring (bicyclic) bond motifs is 1. The number of rotatable bonds is 5. The first-order valence-corrected chi connectivity index (χ1v) is 10.2. The molecule has 2 N–H and O–H groups in total. The highest BCUT2D eigenvalue weighted by molar-refractivity contribution is 7.14. The number of carbonyl (C=O) groups excluding carboxylic acids is 2. The molecule has 27 heavy (non-hydrogen) atoms. The van der Waals surface area contributed by atoms with Crippen LogP contribution in [0.1, 0.15) is 22.2 Å². The number of carbonyl (C=O) groups is 2. The summed E-state index contributed by atoms with van der Waals surface area (Å²) in [7, 11) is 0. The van der Waals surface area contributed by atoms with Gasteiger partial charge in [0.05, 0.1) is 17.2 Å². The molecule has 1 aliphatic rings. The fraction of sp³-hybridized carbons (Fsp3) is 0.211. The average molecular weight is 399 g/mol. The van der Waals surface area contributed by atoms with Crippen LogP contribution in [-0.2, 0) is 11.2 Å². The number of benzene rings is 1. The number of hydrogen-bond acceptors (Lipinski definition) is 6. The quantitative estimate of drug-likeness (QED) is 0.687. The highest BCUT2D eigenvalue weighted by Gasteiger charge is 2.19. The van der Waals surface area contributed by atoms with Gasteiger partial charge in [0.15, 0.2) is 5.13 Å². The zero-order valence-corrected chi connectivity index (χ0v) is 16.2. The van der Waals surface area contributed by atoms with Crippen molar-refractivity contribution in [2.75, 3.05) is 11.9 Å². The van der Waals surface area contributed by atoms with E-state index in [1.807, 2.05) is 22.9 Å². The van der Waals surface area contributed by atoms with Crippen LogP contribution in [0.25, 0.3) is 11.3 Å². The van der Waals surface area contributed by atoms with Crippen molar-refractivity contribution in [1.82, 2.24) is 10.3 Å². The number of anilines is 1. The Balaban J connectivity index is 1.40. The van der Waals surface area contributed by atoms with Gasteiger partial charge in [0.1, 0.15) is 11.8 Å². The number of ether oxygens (including phenoxy) is 1. The van der Waals surface area contributed by atoms with E-state index in [4.69, 9.17) is 4.74 Å². The number of amides is 2. The average Bonchev–Trinajstić information content (AvgIpc) is 3.41. The van der Waals surface area contributed by atoms with Gasteiger partial charge in [-0.3, -0.25) is 9.59 Å². The summed E-state index contributed by atoms with van der Waals surface area (Å²) in [5.74, 6) is 0.369. The van der Waals surface area contributed by atoms with E-state index in [0.717, 1.165) is 23.4 Å². The molecule has 1 aromatic carbocycles. The summed E-state index contributed by atoms with van der Waals surface area (Å²) in [5, 5.41) is 9.69. The molecule has 138 valence electrons. The molecule has 4 rings (SSSR count). The van der Waals surface area contributed by atoms with Crippen LogP contribution in [0.2, 0.25) is 0 Å². The maximum atomic E-state index is 12.3. The Labute approximate surface area is 164 Å². The van der Waals surface area contributed by atoms with Gasteiger partial charge in [0.25, 0.3) is 5.91 Å². The first-order chi connectivity index (χ1) is 13.1. The van der Waals surface area contributed by atoms with E-state index in [-0.39, 0.29) is 11.8 Å². The van der Waals surface area contributed by atoms with Gasteiger partial charge in [-0.1, -0.05) is 6.07 Å². The first kappa shape index (κ1) is 17.7. The molecule has 1 aliphatic heterocycles. The summed E-state index contributed by atoms with van der Waals surface area (Å²) in [6, 6.07) is 8.86. The molecular weight excluding hydrogens is 382 g/mol. The first-order valence-electron chi connectivity index (χ1n) is 8.47. The van der Waals surface area contributed by atoms with E-state index in [9.17, 15) is 9.59 Å². The van der Waals surface area contributed by atoms with Crippen LogP contribution >= 0.6 is 22.7 Å². The maximum absolute atomic E-state index is 12.3. The number of thiazole rings is 1. The van der Waals surface area contributed by atoms with E-state index in [2.05, 4.69) is 21.7 Å². The molecule has 2 amide bonds. The van der Waals surface area contributed by atoms with Crippen LogP contribution in [0, 0.1) is 0 Å². The SMILES string of the molecule is CC(NC(=O)c1cccs1)C(=O)Nc1nc(-c2ccc3c(c2)CCO3)cs1. The van der Waals surface area contributed by atoms with Crippen molar-refractivity contribution >= 4 is 39.6 Å². The van der Waals surface area contributed by atoms with Gasteiger partial charge in [0, 0.05) is 17.4 Å². The van der Waals surface area contributed by atoms with Gasteiger partial charge >= 0.3 is 0 Å². The molecule has 1 unspecified atom stereocenters. The lowest BCUT2D eigenvalue weighted by atomic mass is 10.1. The topological polar surface area (TPSA) is 80.3 Å². The number of aromatic nitrogens is 1. The molecule has 0 spiro atoms. The van der Waals surface area contributed by atoms with Crippen LogP contribution in [0.3, 0.4) is 0 Å². The third-order valence-electron chi connectivity index (χ3n) is 4.21. The van der Waals surface area contributed by atoms with E-state index in [1.54, 1.807) is 19.1 Å². The summed E-state index contributed by atoms with van der Waals surface area (Å²) in [6.07, 6.45) is 0.901. The molecular formula is C19H17N3O3S2. The second-order valence-corrected chi connectivity index (χ2v) is 7.93. The smallest absolute Gasteiger partial charge is 0.261 e. The maximum Gasteiger partial charge on any atom is 0.261 e. The van der Waals surface area contributed by atoms with Crippen LogP contribution in [0.4, 0.5) is 5.13 Å². The van der Waals surface area contributed by atoms with Crippen LogP contribution in [-0.4, -0.2) is 29.4 Å². The Kier molecular flexibility index (Phi) is 4.91. The minimum absolute atomic E-state index is 0.257. The standard InChI is InChI=1S/C19H17N3O3S2/c1-11(20-18(24)16-3-2-8-26-16)17(23)22-19-21-14(10-27-19)12-4-5-15-13(9-12)6-7-25-15/h2-5,8-11H,6-7H2,1H3,(H,20,24)(H,21,22,23). The minimum atomic E-state index is -0.663. The summed E-state index contributed by atoms with van der Waals surface area (Å²) in [5.41, 5.74) is 2.98. The molecule has 0 saturated carbocycles. The monoisotopic (exact) mass is 399 g/mol. The molecule has 8 heteroatoms. The second-order valence-electron chi connectivity index (χ2n) is 6.12. The van der Waals surface area contributed by atoms with E-state index in [0.29, 0.717) is 16.6 Å². The summed E-state index contributed by atoms with van der Waals surface area (Å²) >= 11 is 2.69. The normalized spacial score (nSPS) is 13.5. The number of hydrogen-bond donors (Lipinski definition) is 2. The third kappa shape index (κ3) is 3.86. The Morgan fingerprint density at radius 2 is 2.15 bits per heavy atom. The summed E-state index contributed by atoms with van der Waals surface area (Å²) < 4.78 is 5.52. The molecule has 0 saturated heterocycles. The molecule has 0 aliphatic carbocycles. The van der Waals surface area contributed by atoms with Crippen molar-refractivity contribution < 1.29 is 14.3 Å². The number of nitrogens with zero attached hydrogens (tertiary/aromatic N) is 1. The van der Waals surface area contributed by atoms with E-state index >= 15 is 0 Å². The Morgan fingerprint density at radius 1 is 1.26 bits per heavy atom. The second kappa shape index (κ2) is 7.50.